The number of amides is 2. The SMILES string of the molecule is O=C(CC1(O)CCC1)N1CC(F)(F)CC2(CCNC2=O)C1. The number of nitrogens with zero attached hydrogens (tertiary/aromatic N) is 1. The quantitative estimate of drug-likeness (QED) is 0.787. The van der Waals surface area contributed by atoms with Gasteiger partial charge in [0.05, 0.1) is 24.0 Å². The van der Waals surface area contributed by atoms with Gasteiger partial charge in [0.15, 0.2) is 0 Å². The first-order valence-electron chi connectivity index (χ1n) is 7.40. The molecule has 2 N–H and O–H groups in total. The molecule has 0 bridgehead atoms. The Kier molecular flexibility index (Phi) is 3.24. The Bertz CT molecular complexity index is 479. The second-order valence-electron chi connectivity index (χ2n) is 6.82. The number of hydrogen-bond donors (Lipinski definition) is 2. The van der Waals surface area contributed by atoms with Gasteiger partial charge in [0.2, 0.25) is 11.8 Å². The lowest BCUT2D eigenvalue weighted by atomic mass is 9.75. The number of rotatable bonds is 2. The van der Waals surface area contributed by atoms with Gasteiger partial charge in [0.1, 0.15) is 0 Å². The van der Waals surface area contributed by atoms with Crippen LogP contribution in [0.15, 0.2) is 0 Å². The van der Waals surface area contributed by atoms with Gasteiger partial charge in [-0.3, -0.25) is 9.59 Å². The molecule has 21 heavy (non-hydrogen) atoms. The Morgan fingerprint density at radius 1 is 1.29 bits per heavy atom. The summed E-state index contributed by atoms with van der Waals surface area (Å²) in [5, 5.41) is 12.6. The number of carbonyl (C=O) groups excluding carboxylic acids is 2. The molecule has 2 saturated heterocycles. The molecule has 3 aliphatic rings. The van der Waals surface area contributed by atoms with Gasteiger partial charge in [0, 0.05) is 19.5 Å². The van der Waals surface area contributed by atoms with Gasteiger partial charge in [0.25, 0.3) is 5.92 Å². The molecule has 1 saturated carbocycles. The van der Waals surface area contributed by atoms with Crippen LogP contribution in [-0.4, -0.2) is 53.0 Å². The second kappa shape index (κ2) is 4.63. The van der Waals surface area contributed by atoms with Crippen molar-refractivity contribution in [2.75, 3.05) is 19.6 Å². The third kappa shape index (κ3) is 2.63. The van der Waals surface area contributed by atoms with Gasteiger partial charge < -0.3 is 15.3 Å². The maximum Gasteiger partial charge on any atom is 0.266 e. The highest BCUT2D eigenvalue weighted by Crippen LogP contribution is 2.44. The van der Waals surface area contributed by atoms with Crippen molar-refractivity contribution in [3.63, 3.8) is 0 Å². The highest BCUT2D eigenvalue weighted by atomic mass is 19.3. The third-order valence-electron chi connectivity index (χ3n) is 5.00. The molecule has 2 amide bonds. The maximum absolute atomic E-state index is 14.0. The van der Waals surface area contributed by atoms with Gasteiger partial charge in [-0.05, 0) is 25.7 Å². The Balaban J connectivity index is 1.75. The van der Waals surface area contributed by atoms with E-state index in [0.29, 0.717) is 25.8 Å². The van der Waals surface area contributed by atoms with Crippen molar-refractivity contribution in [1.29, 1.82) is 0 Å². The third-order valence-corrected chi connectivity index (χ3v) is 5.00. The molecule has 5 nitrogen and oxygen atoms in total. The van der Waals surface area contributed by atoms with E-state index in [1.807, 2.05) is 0 Å². The summed E-state index contributed by atoms with van der Waals surface area (Å²) in [6.45, 7) is -0.249. The van der Waals surface area contributed by atoms with Crippen LogP contribution >= 0.6 is 0 Å². The highest BCUT2D eigenvalue weighted by molar-refractivity contribution is 5.86. The van der Waals surface area contributed by atoms with Gasteiger partial charge in [-0.2, -0.15) is 0 Å². The monoisotopic (exact) mass is 302 g/mol. The number of halogens is 2. The fraction of sp³-hybridized carbons (Fsp3) is 0.857. The zero-order chi connectivity index (χ0) is 15.3. The summed E-state index contributed by atoms with van der Waals surface area (Å²) < 4.78 is 28.0. The molecule has 118 valence electrons. The molecule has 7 heteroatoms. The molecule has 0 aromatic carbocycles. The first kappa shape index (κ1) is 14.7. The lowest BCUT2D eigenvalue weighted by molar-refractivity contribution is -0.165. The van der Waals surface area contributed by atoms with Crippen LogP contribution in [0.5, 0.6) is 0 Å². The number of nitrogens with one attached hydrogen (secondary N) is 1. The molecule has 3 fully saturated rings. The van der Waals surface area contributed by atoms with E-state index in [2.05, 4.69) is 5.32 Å². The van der Waals surface area contributed by atoms with Crippen LogP contribution < -0.4 is 5.32 Å². The van der Waals surface area contributed by atoms with E-state index < -0.39 is 35.8 Å². The van der Waals surface area contributed by atoms with Gasteiger partial charge >= 0.3 is 0 Å². The van der Waals surface area contributed by atoms with Crippen molar-refractivity contribution in [3.8, 4) is 0 Å². The van der Waals surface area contributed by atoms with Crippen molar-refractivity contribution in [1.82, 2.24) is 10.2 Å². The summed E-state index contributed by atoms with van der Waals surface area (Å²) in [5.41, 5.74) is -2.20. The van der Waals surface area contributed by atoms with Gasteiger partial charge in [-0.1, -0.05) is 0 Å². The molecule has 1 unspecified atom stereocenters. The van der Waals surface area contributed by atoms with E-state index in [0.717, 1.165) is 11.3 Å². The van der Waals surface area contributed by atoms with Crippen LogP contribution in [0.3, 0.4) is 0 Å². The molecule has 0 aromatic heterocycles. The predicted octanol–water partition coefficient (Wildman–Crippen LogP) is 0.665. The lowest BCUT2D eigenvalue weighted by Gasteiger charge is -2.44. The molecular formula is C14H20F2N2O3. The minimum absolute atomic E-state index is 0.0311. The van der Waals surface area contributed by atoms with Crippen LogP contribution in [0, 0.1) is 5.41 Å². The molecule has 3 rings (SSSR count). The number of alkyl halides is 2. The summed E-state index contributed by atoms with van der Waals surface area (Å²) in [6.07, 6.45) is 1.63. The minimum Gasteiger partial charge on any atom is -0.389 e. The molecule has 1 spiro atoms. The zero-order valence-corrected chi connectivity index (χ0v) is 11.8. The van der Waals surface area contributed by atoms with Crippen LogP contribution in [0.4, 0.5) is 8.78 Å². The van der Waals surface area contributed by atoms with E-state index in [1.165, 1.54) is 0 Å². The molecular weight excluding hydrogens is 282 g/mol. The average Bonchev–Trinajstić information content (AvgIpc) is 2.66. The van der Waals surface area contributed by atoms with Crippen molar-refractivity contribution in [2.24, 2.45) is 5.41 Å². The molecule has 1 atom stereocenters. The van der Waals surface area contributed by atoms with E-state index in [4.69, 9.17) is 0 Å². The van der Waals surface area contributed by atoms with Crippen molar-refractivity contribution in [3.05, 3.63) is 0 Å². The predicted molar refractivity (Wildman–Crippen MR) is 69.6 cm³/mol. The molecule has 0 aromatic rings. The first-order chi connectivity index (χ1) is 9.74. The Morgan fingerprint density at radius 2 is 2.00 bits per heavy atom. The summed E-state index contributed by atoms with van der Waals surface area (Å²) in [7, 11) is 0. The van der Waals surface area contributed by atoms with E-state index in [9.17, 15) is 23.5 Å². The number of aliphatic hydroxyl groups is 1. The van der Waals surface area contributed by atoms with Crippen molar-refractivity contribution >= 4 is 11.8 Å². The maximum atomic E-state index is 14.0. The Hall–Kier alpha value is -1.24. The van der Waals surface area contributed by atoms with E-state index in [1.54, 1.807) is 0 Å². The first-order valence-corrected chi connectivity index (χ1v) is 7.40. The Labute approximate surface area is 121 Å². The fourth-order valence-corrected chi connectivity index (χ4v) is 3.67. The topological polar surface area (TPSA) is 69.6 Å². The van der Waals surface area contributed by atoms with Crippen LogP contribution in [-0.2, 0) is 9.59 Å². The summed E-state index contributed by atoms with van der Waals surface area (Å²) in [6, 6.07) is 0. The largest absolute Gasteiger partial charge is 0.389 e. The molecule has 2 aliphatic heterocycles. The zero-order valence-electron chi connectivity index (χ0n) is 11.8. The summed E-state index contributed by atoms with van der Waals surface area (Å²) >= 11 is 0. The molecule has 0 radical (unpaired) electrons. The normalized spacial score (nSPS) is 33.7. The van der Waals surface area contributed by atoms with Crippen LogP contribution in [0.1, 0.15) is 38.5 Å². The van der Waals surface area contributed by atoms with Crippen LogP contribution in [0.25, 0.3) is 0 Å². The number of hydrogen-bond acceptors (Lipinski definition) is 3. The van der Waals surface area contributed by atoms with Crippen molar-refractivity contribution in [2.45, 2.75) is 50.0 Å². The second-order valence-corrected chi connectivity index (χ2v) is 6.82. The lowest BCUT2D eigenvalue weighted by Crippen LogP contribution is -2.58. The van der Waals surface area contributed by atoms with Crippen LogP contribution in [0.2, 0.25) is 0 Å². The van der Waals surface area contributed by atoms with E-state index >= 15 is 0 Å². The summed E-state index contributed by atoms with van der Waals surface area (Å²) in [4.78, 5) is 25.2. The number of piperidine rings is 1. The molecule has 2 heterocycles. The number of likely N-dealkylation sites (tertiary alicyclic amines) is 1. The standard InChI is InChI=1S/C14H20F2N2O3/c15-14(16)7-12(4-5-17-11(12)20)8-18(9-14)10(19)6-13(21)2-1-3-13/h21H,1-9H2,(H,17,20). The van der Waals surface area contributed by atoms with Gasteiger partial charge in [-0.25, -0.2) is 8.78 Å². The summed E-state index contributed by atoms with van der Waals surface area (Å²) in [5.74, 6) is -3.92. The van der Waals surface area contributed by atoms with Gasteiger partial charge in [-0.15, -0.1) is 0 Å². The minimum atomic E-state index is -3.06. The van der Waals surface area contributed by atoms with E-state index in [-0.39, 0.29) is 18.9 Å². The fourth-order valence-electron chi connectivity index (χ4n) is 3.67. The average molecular weight is 302 g/mol. The Morgan fingerprint density at radius 3 is 2.52 bits per heavy atom. The smallest absolute Gasteiger partial charge is 0.266 e. The number of carbonyl (C=O) groups is 2. The van der Waals surface area contributed by atoms with Crippen molar-refractivity contribution < 1.29 is 23.5 Å². The highest BCUT2D eigenvalue weighted by Gasteiger charge is 2.56. The molecule has 1 aliphatic carbocycles.